The first kappa shape index (κ1) is 10.7. The van der Waals surface area contributed by atoms with Gasteiger partial charge in [-0.1, -0.05) is 6.07 Å². The van der Waals surface area contributed by atoms with Crippen molar-refractivity contribution >= 4 is 11.3 Å². The molecular weight excluding hydrogens is 239 g/mol. The van der Waals surface area contributed by atoms with Crippen LogP contribution in [-0.2, 0) is 0 Å². The Morgan fingerprint density at radius 2 is 2.35 bits per heavy atom. The van der Waals surface area contributed by atoms with Crippen molar-refractivity contribution in [2.24, 2.45) is 5.73 Å². The number of hydrogen-bond acceptors (Lipinski definition) is 4. The minimum atomic E-state index is -0.310. The van der Waals surface area contributed by atoms with Gasteiger partial charge in [0.25, 0.3) is 0 Å². The molecule has 17 heavy (non-hydrogen) atoms. The van der Waals surface area contributed by atoms with E-state index in [2.05, 4.69) is 4.98 Å². The molecule has 0 radical (unpaired) electrons. The summed E-state index contributed by atoms with van der Waals surface area (Å²) in [6.07, 6.45) is 2.24. The number of nitrogens with zero attached hydrogens (tertiary/aromatic N) is 1. The third kappa shape index (κ3) is 1.92. The number of aromatic nitrogens is 1. The lowest BCUT2D eigenvalue weighted by atomic mass is 9.97. The molecule has 2 atom stereocenters. The molecule has 2 N–H and O–H groups in total. The summed E-state index contributed by atoms with van der Waals surface area (Å²) in [4.78, 5) is 4.21. The molecule has 1 aromatic heterocycles. The smallest absolute Gasteiger partial charge is 0.152 e. The van der Waals surface area contributed by atoms with Crippen molar-refractivity contribution in [1.29, 1.82) is 0 Å². The SMILES string of the molecule is N[C@H]1CC(c2nccs2)Oc2cc(F)ccc21. The highest BCUT2D eigenvalue weighted by molar-refractivity contribution is 7.09. The summed E-state index contributed by atoms with van der Waals surface area (Å²) in [6.45, 7) is 0. The van der Waals surface area contributed by atoms with Gasteiger partial charge in [-0.25, -0.2) is 9.37 Å². The van der Waals surface area contributed by atoms with Crippen LogP contribution in [0, 0.1) is 5.82 Å². The summed E-state index contributed by atoms with van der Waals surface area (Å²) < 4.78 is 18.9. The van der Waals surface area contributed by atoms with Crippen LogP contribution in [0.3, 0.4) is 0 Å². The standard InChI is InChI=1S/C12H11FN2OS/c13-7-1-2-8-9(14)6-11(16-10(8)5-7)12-15-3-4-17-12/h1-5,9,11H,6,14H2/t9-,11?/m0/s1. The van der Waals surface area contributed by atoms with Crippen LogP contribution in [0.25, 0.3) is 0 Å². The molecule has 3 rings (SSSR count). The third-order valence-corrected chi connectivity index (χ3v) is 3.71. The lowest BCUT2D eigenvalue weighted by Crippen LogP contribution is -2.24. The maximum Gasteiger partial charge on any atom is 0.152 e. The average molecular weight is 250 g/mol. The number of ether oxygens (including phenoxy) is 1. The average Bonchev–Trinajstić information content (AvgIpc) is 2.81. The molecule has 1 aliphatic rings. The number of halogens is 1. The molecule has 3 nitrogen and oxygen atoms in total. The summed E-state index contributed by atoms with van der Waals surface area (Å²) in [6, 6.07) is 4.35. The van der Waals surface area contributed by atoms with Crippen LogP contribution in [0.2, 0.25) is 0 Å². The van der Waals surface area contributed by atoms with Gasteiger partial charge in [-0.05, 0) is 6.07 Å². The van der Waals surface area contributed by atoms with E-state index in [1.54, 1.807) is 12.3 Å². The first-order valence-electron chi connectivity index (χ1n) is 5.35. The van der Waals surface area contributed by atoms with E-state index in [0.29, 0.717) is 12.2 Å². The van der Waals surface area contributed by atoms with Crippen LogP contribution in [0.5, 0.6) is 5.75 Å². The first-order valence-corrected chi connectivity index (χ1v) is 6.23. The lowest BCUT2D eigenvalue weighted by Gasteiger charge is -2.29. The fraction of sp³-hybridized carbons (Fsp3) is 0.250. The Hall–Kier alpha value is -1.46. The van der Waals surface area contributed by atoms with Gasteiger partial charge in [0.2, 0.25) is 0 Å². The van der Waals surface area contributed by atoms with Gasteiger partial charge in [0.05, 0.1) is 0 Å². The topological polar surface area (TPSA) is 48.1 Å². The third-order valence-electron chi connectivity index (χ3n) is 2.84. The monoisotopic (exact) mass is 250 g/mol. The maximum atomic E-state index is 13.2. The van der Waals surface area contributed by atoms with Crippen molar-refractivity contribution in [2.45, 2.75) is 18.6 Å². The Labute approximate surface area is 102 Å². The van der Waals surface area contributed by atoms with Crippen LogP contribution in [0.4, 0.5) is 4.39 Å². The number of nitrogens with two attached hydrogens (primary N) is 1. The minimum absolute atomic E-state index is 0.131. The van der Waals surface area contributed by atoms with E-state index in [1.807, 2.05) is 5.38 Å². The number of hydrogen-bond donors (Lipinski definition) is 1. The van der Waals surface area contributed by atoms with E-state index >= 15 is 0 Å². The molecule has 0 saturated heterocycles. The summed E-state index contributed by atoms with van der Waals surface area (Å²) in [7, 11) is 0. The van der Waals surface area contributed by atoms with Gasteiger partial charge >= 0.3 is 0 Å². The van der Waals surface area contributed by atoms with Crippen molar-refractivity contribution in [3.8, 4) is 5.75 Å². The molecule has 1 aliphatic heterocycles. The second kappa shape index (κ2) is 4.09. The summed E-state index contributed by atoms with van der Waals surface area (Å²) in [5.74, 6) is 0.222. The summed E-state index contributed by atoms with van der Waals surface area (Å²) >= 11 is 1.52. The molecule has 88 valence electrons. The molecular formula is C12H11FN2OS. The summed E-state index contributed by atoms with van der Waals surface area (Å²) in [5, 5.41) is 2.78. The summed E-state index contributed by atoms with van der Waals surface area (Å²) in [5.41, 5.74) is 6.93. The second-order valence-corrected chi connectivity index (χ2v) is 4.93. The number of benzene rings is 1. The van der Waals surface area contributed by atoms with E-state index < -0.39 is 0 Å². The van der Waals surface area contributed by atoms with Gasteiger partial charge in [0.1, 0.15) is 16.6 Å². The van der Waals surface area contributed by atoms with Crippen LogP contribution in [0.15, 0.2) is 29.8 Å². The fourth-order valence-electron chi connectivity index (χ4n) is 2.02. The van der Waals surface area contributed by atoms with Crippen LogP contribution in [0.1, 0.15) is 29.1 Å². The Morgan fingerprint density at radius 3 is 3.12 bits per heavy atom. The highest BCUT2D eigenvalue weighted by Crippen LogP contribution is 2.40. The Bertz CT molecular complexity index is 529. The van der Waals surface area contributed by atoms with Crippen molar-refractivity contribution in [3.05, 3.63) is 46.2 Å². The normalized spacial score (nSPS) is 22.9. The zero-order chi connectivity index (χ0) is 11.8. The molecule has 2 aromatic rings. The molecule has 0 fully saturated rings. The second-order valence-electron chi connectivity index (χ2n) is 4.00. The van der Waals surface area contributed by atoms with E-state index in [-0.39, 0.29) is 18.0 Å². The number of rotatable bonds is 1. The first-order chi connectivity index (χ1) is 8.24. The van der Waals surface area contributed by atoms with Gasteiger partial charge in [-0.15, -0.1) is 11.3 Å². The van der Waals surface area contributed by atoms with E-state index in [9.17, 15) is 4.39 Å². The molecule has 1 aromatic carbocycles. The predicted molar refractivity (Wildman–Crippen MR) is 63.4 cm³/mol. The van der Waals surface area contributed by atoms with E-state index in [0.717, 1.165) is 10.6 Å². The van der Waals surface area contributed by atoms with Crippen molar-refractivity contribution in [1.82, 2.24) is 4.98 Å². The maximum absolute atomic E-state index is 13.2. The Morgan fingerprint density at radius 1 is 1.47 bits per heavy atom. The molecule has 1 unspecified atom stereocenters. The Balaban J connectivity index is 1.97. The van der Waals surface area contributed by atoms with Gasteiger partial charge in [0.15, 0.2) is 6.10 Å². The molecule has 0 amide bonds. The zero-order valence-electron chi connectivity index (χ0n) is 8.97. The van der Waals surface area contributed by atoms with Gasteiger partial charge in [-0.2, -0.15) is 0 Å². The largest absolute Gasteiger partial charge is 0.483 e. The van der Waals surface area contributed by atoms with Crippen molar-refractivity contribution in [3.63, 3.8) is 0 Å². The highest BCUT2D eigenvalue weighted by Gasteiger charge is 2.28. The fourth-order valence-corrected chi connectivity index (χ4v) is 2.70. The van der Waals surface area contributed by atoms with Crippen LogP contribution in [-0.4, -0.2) is 4.98 Å². The van der Waals surface area contributed by atoms with E-state index in [4.69, 9.17) is 10.5 Å². The van der Waals surface area contributed by atoms with Crippen LogP contribution < -0.4 is 10.5 Å². The quantitative estimate of drug-likeness (QED) is 0.846. The number of thiazole rings is 1. The molecule has 0 saturated carbocycles. The number of fused-ring (bicyclic) bond motifs is 1. The lowest BCUT2D eigenvalue weighted by molar-refractivity contribution is 0.160. The van der Waals surface area contributed by atoms with Gasteiger partial charge in [0, 0.05) is 35.7 Å². The predicted octanol–water partition coefficient (Wildman–Crippen LogP) is 2.81. The van der Waals surface area contributed by atoms with Gasteiger partial charge < -0.3 is 10.5 Å². The highest BCUT2D eigenvalue weighted by atomic mass is 32.1. The van der Waals surface area contributed by atoms with Gasteiger partial charge in [-0.3, -0.25) is 0 Å². The van der Waals surface area contributed by atoms with Crippen molar-refractivity contribution in [2.75, 3.05) is 0 Å². The Kier molecular flexibility index (Phi) is 2.57. The zero-order valence-corrected chi connectivity index (χ0v) is 9.78. The molecule has 2 heterocycles. The molecule has 0 spiro atoms. The molecule has 0 bridgehead atoms. The molecule has 5 heteroatoms. The van der Waals surface area contributed by atoms with Crippen LogP contribution >= 0.6 is 11.3 Å². The minimum Gasteiger partial charge on any atom is -0.483 e. The molecule has 0 aliphatic carbocycles. The van der Waals surface area contributed by atoms with Crippen molar-refractivity contribution < 1.29 is 9.13 Å². The van der Waals surface area contributed by atoms with E-state index in [1.165, 1.54) is 23.5 Å².